The summed E-state index contributed by atoms with van der Waals surface area (Å²) in [6.07, 6.45) is 0.811. The maximum Gasteiger partial charge on any atom is 0.407 e. The molecule has 0 saturated heterocycles. The third-order valence-electron chi connectivity index (χ3n) is 3.92. The fraction of sp³-hybridized carbons (Fsp3) is 0.312. The summed E-state index contributed by atoms with van der Waals surface area (Å²) in [5.41, 5.74) is 2.68. The van der Waals surface area contributed by atoms with Crippen LogP contribution in [0.4, 0.5) is 4.79 Å². The molecule has 0 aliphatic heterocycles. The standard InChI is InChI=1S/C16H17BrN4O2/c1-3-20(16(22)23)9-14-19-13-8-18-12-7-10(17)5-6-11(12)15(13)21(14)4-2/h5-8H,3-4,9H2,1-2H3,(H,22,23). The first-order chi connectivity index (χ1) is 11.0. The van der Waals surface area contributed by atoms with Crippen LogP contribution in [0.1, 0.15) is 19.7 Å². The van der Waals surface area contributed by atoms with Crippen LogP contribution in [0.15, 0.2) is 28.9 Å². The van der Waals surface area contributed by atoms with E-state index < -0.39 is 6.09 Å². The van der Waals surface area contributed by atoms with Gasteiger partial charge in [0.15, 0.2) is 0 Å². The Morgan fingerprint density at radius 1 is 1.35 bits per heavy atom. The summed E-state index contributed by atoms with van der Waals surface area (Å²) in [4.78, 5) is 21.7. The van der Waals surface area contributed by atoms with Gasteiger partial charge in [0.05, 0.1) is 23.8 Å². The van der Waals surface area contributed by atoms with Crippen molar-refractivity contribution in [1.29, 1.82) is 0 Å². The molecule has 3 rings (SSSR count). The molecule has 0 radical (unpaired) electrons. The number of nitrogens with zero attached hydrogens (tertiary/aromatic N) is 4. The summed E-state index contributed by atoms with van der Waals surface area (Å²) in [5, 5.41) is 10.3. The summed E-state index contributed by atoms with van der Waals surface area (Å²) in [5.74, 6) is 0.740. The SMILES string of the molecule is CCN(Cc1nc2cnc3cc(Br)ccc3c2n1CC)C(=O)O. The quantitative estimate of drug-likeness (QED) is 0.749. The van der Waals surface area contributed by atoms with Crippen LogP contribution in [0.2, 0.25) is 0 Å². The van der Waals surface area contributed by atoms with E-state index in [1.807, 2.05) is 32.0 Å². The molecule has 0 unspecified atom stereocenters. The number of hydrogen-bond donors (Lipinski definition) is 1. The molecule has 2 heterocycles. The van der Waals surface area contributed by atoms with E-state index >= 15 is 0 Å². The zero-order valence-electron chi connectivity index (χ0n) is 13.0. The van der Waals surface area contributed by atoms with Gasteiger partial charge in [0.1, 0.15) is 11.3 Å². The molecule has 120 valence electrons. The van der Waals surface area contributed by atoms with Gasteiger partial charge in [-0.25, -0.2) is 9.78 Å². The van der Waals surface area contributed by atoms with Crippen LogP contribution < -0.4 is 0 Å². The van der Waals surface area contributed by atoms with E-state index in [0.29, 0.717) is 6.54 Å². The average Bonchev–Trinajstić information content (AvgIpc) is 2.89. The van der Waals surface area contributed by atoms with Gasteiger partial charge in [-0.15, -0.1) is 0 Å². The van der Waals surface area contributed by atoms with Crippen molar-refractivity contribution in [3.8, 4) is 0 Å². The molecule has 0 spiro atoms. The monoisotopic (exact) mass is 376 g/mol. The highest BCUT2D eigenvalue weighted by Gasteiger charge is 2.17. The molecule has 1 aromatic carbocycles. The topological polar surface area (TPSA) is 71.2 Å². The first kappa shape index (κ1) is 15.7. The van der Waals surface area contributed by atoms with E-state index in [1.165, 1.54) is 4.90 Å². The van der Waals surface area contributed by atoms with Gasteiger partial charge in [-0.3, -0.25) is 4.98 Å². The van der Waals surface area contributed by atoms with Gasteiger partial charge in [-0.05, 0) is 32.0 Å². The Labute approximate surface area is 141 Å². The first-order valence-electron chi connectivity index (χ1n) is 7.46. The number of benzene rings is 1. The van der Waals surface area contributed by atoms with Gasteiger partial charge in [0.2, 0.25) is 0 Å². The van der Waals surface area contributed by atoms with Crippen LogP contribution >= 0.6 is 15.9 Å². The minimum Gasteiger partial charge on any atom is -0.465 e. The zero-order valence-corrected chi connectivity index (χ0v) is 14.5. The molecule has 3 aromatic rings. The lowest BCUT2D eigenvalue weighted by molar-refractivity contribution is 0.143. The fourth-order valence-corrected chi connectivity index (χ4v) is 3.13. The molecule has 6 nitrogen and oxygen atoms in total. The average molecular weight is 377 g/mol. The van der Waals surface area contributed by atoms with E-state index in [1.54, 1.807) is 6.20 Å². The minimum absolute atomic E-state index is 0.270. The van der Waals surface area contributed by atoms with Crippen LogP contribution in [0.5, 0.6) is 0 Å². The largest absolute Gasteiger partial charge is 0.465 e. The molecule has 0 bridgehead atoms. The van der Waals surface area contributed by atoms with Crippen molar-refractivity contribution < 1.29 is 9.90 Å². The van der Waals surface area contributed by atoms with E-state index in [2.05, 4.69) is 30.5 Å². The van der Waals surface area contributed by atoms with Gasteiger partial charge < -0.3 is 14.6 Å². The summed E-state index contributed by atoms with van der Waals surface area (Å²) in [6, 6.07) is 5.96. The number of pyridine rings is 1. The van der Waals surface area contributed by atoms with Crippen molar-refractivity contribution in [1.82, 2.24) is 19.4 Å². The number of carboxylic acid groups (broad SMARTS) is 1. The summed E-state index contributed by atoms with van der Waals surface area (Å²) in [7, 11) is 0. The molecule has 0 atom stereocenters. The summed E-state index contributed by atoms with van der Waals surface area (Å²) in [6.45, 7) is 5.27. The molecular formula is C16H17BrN4O2. The highest BCUT2D eigenvalue weighted by atomic mass is 79.9. The van der Waals surface area contributed by atoms with Crippen LogP contribution in [-0.2, 0) is 13.1 Å². The second-order valence-corrected chi connectivity index (χ2v) is 6.14. The number of amides is 1. The smallest absolute Gasteiger partial charge is 0.407 e. The molecule has 2 aromatic heterocycles. The number of carbonyl (C=O) groups is 1. The Kier molecular flexibility index (Phi) is 4.21. The highest BCUT2D eigenvalue weighted by molar-refractivity contribution is 9.10. The Hall–Kier alpha value is -2.15. The molecule has 1 N–H and O–H groups in total. The van der Waals surface area contributed by atoms with Crippen molar-refractivity contribution in [3.63, 3.8) is 0 Å². The number of hydrogen-bond acceptors (Lipinski definition) is 3. The number of aryl methyl sites for hydroxylation is 1. The van der Waals surface area contributed by atoms with Gasteiger partial charge >= 0.3 is 6.09 Å². The lowest BCUT2D eigenvalue weighted by Gasteiger charge is -2.17. The summed E-state index contributed by atoms with van der Waals surface area (Å²) < 4.78 is 3.04. The Bertz CT molecular complexity index is 891. The van der Waals surface area contributed by atoms with Crippen LogP contribution in [0.3, 0.4) is 0 Å². The number of aromatic nitrogens is 3. The van der Waals surface area contributed by atoms with Crippen LogP contribution in [0.25, 0.3) is 21.9 Å². The molecular weight excluding hydrogens is 360 g/mol. The third-order valence-corrected chi connectivity index (χ3v) is 4.41. The second-order valence-electron chi connectivity index (χ2n) is 5.22. The lowest BCUT2D eigenvalue weighted by atomic mass is 10.2. The van der Waals surface area contributed by atoms with E-state index in [-0.39, 0.29) is 6.54 Å². The first-order valence-corrected chi connectivity index (χ1v) is 8.25. The van der Waals surface area contributed by atoms with Crippen LogP contribution in [-0.4, -0.2) is 37.2 Å². The predicted octanol–water partition coefficient (Wildman–Crippen LogP) is 3.87. The van der Waals surface area contributed by atoms with Crippen molar-refractivity contribution in [2.24, 2.45) is 0 Å². The van der Waals surface area contributed by atoms with Gasteiger partial charge in [0.25, 0.3) is 0 Å². The molecule has 0 aliphatic carbocycles. The normalized spacial score (nSPS) is 11.3. The molecule has 23 heavy (non-hydrogen) atoms. The highest BCUT2D eigenvalue weighted by Crippen LogP contribution is 2.27. The Morgan fingerprint density at radius 2 is 2.13 bits per heavy atom. The fourth-order valence-electron chi connectivity index (χ4n) is 2.78. The Morgan fingerprint density at radius 3 is 2.78 bits per heavy atom. The van der Waals surface area contributed by atoms with Crippen LogP contribution in [0, 0.1) is 0 Å². The van der Waals surface area contributed by atoms with Crippen molar-refractivity contribution >= 4 is 44.0 Å². The van der Waals surface area contributed by atoms with Crippen molar-refractivity contribution in [3.05, 3.63) is 34.7 Å². The molecule has 7 heteroatoms. The molecule has 0 saturated carbocycles. The summed E-state index contributed by atoms with van der Waals surface area (Å²) >= 11 is 3.46. The van der Waals surface area contributed by atoms with Gasteiger partial charge in [-0.2, -0.15) is 0 Å². The molecule has 0 aliphatic rings. The maximum absolute atomic E-state index is 11.3. The van der Waals surface area contributed by atoms with E-state index in [0.717, 1.165) is 38.8 Å². The zero-order chi connectivity index (χ0) is 16.6. The van der Waals surface area contributed by atoms with Crippen molar-refractivity contribution in [2.45, 2.75) is 26.9 Å². The van der Waals surface area contributed by atoms with Gasteiger partial charge in [-0.1, -0.05) is 15.9 Å². The predicted molar refractivity (Wildman–Crippen MR) is 92.5 cm³/mol. The molecule has 1 amide bonds. The number of rotatable bonds is 4. The number of halogens is 1. The van der Waals surface area contributed by atoms with Crippen molar-refractivity contribution in [2.75, 3.05) is 6.54 Å². The molecule has 0 fully saturated rings. The third kappa shape index (κ3) is 2.76. The number of imidazole rings is 1. The Balaban J connectivity index is 2.21. The van der Waals surface area contributed by atoms with E-state index in [9.17, 15) is 9.90 Å². The maximum atomic E-state index is 11.3. The lowest BCUT2D eigenvalue weighted by Crippen LogP contribution is -2.29. The number of fused-ring (bicyclic) bond motifs is 3. The second kappa shape index (κ2) is 6.16. The minimum atomic E-state index is -0.936. The van der Waals surface area contributed by atoms with Gasteiger partial charge in [0, 0.05) is 22.9 Å². The van der Waals surface area contributed by atoms with E-state index in [4.69, 9.17) is 0 Å².